The fourth-order valence-electron chi connectivity index (χ4n) is 2.65. The van der Waals surface area contributed by atoms with Crippen molar-refractivity contribution in [2.45, 2.75) is 19.5 Å². The molecule has 0 spiro atoms. The number of imidazole rings is 1. The van der Waals surface area contributed by atoms with Gasteiger partial charge in [0.15, 0.2) is 5.69 Å². The molecular weight excluding hydrogens is 268 g/mol. The highest BCUT2D eigenvalue weighted by Crippen LogP contribution is 2.21. The summed E-state index contributed by atoms with van der Waals surface area (Å²) in [5.74, 6) is 1.01. The molecule has 0 bridgehead atoms. The van der Waals surface area contributed by atoms with Crippen LogP contribution in [0.5, 0.6) is 0 Å². The van der Waals surface area contributed by atoms with E-state index in [0.717, 1.165) is 43.1 Å². The lowest BCUT2D eigenvalue weighted by atomic mass is 10.0. The Morgan fingerprint density at radius 1 is 1.48 bits per heavy atom. The first-order valence-electron chi connectivity index (χ1n) is 7.02. The van der Waals surface area contributed by atoms with E-state index in [4.69, 9.17) is 0 Å². The number of hydrogen-bond donors (Lipinski definition) is 1. The van der Waals surface area contributed by atoms with Crippen LogP contribution >= 0.6 is 0 Å². The zero-order valence-corrected chi connectivity index (χ0v) is 12.6. The monoisotopic (exact) mass is 288 g/mol. The zero-order chi connectivity index (χ0) is 15.0. The van der Waals surface area contributed by atoms with Gasteiger partial charge in [-0.05, 0) is 6.42 Å². The van der Waals surface area contributed by atoms with Gasteiger partial charge in [0.2, 0.25) is 0 Å². The van der Waals surface area contributed by atoms with E-state index < -0.39 is 0 Å². The molecule has 2 aromatic rings. The van der Waals surface area contributed by atoms with Gasteiger partial charge in [0.05, 0.1) is 12.2 Å². The summed E-state index contributed by atoms with van der Waals surface area (Å²) in [4.78, 5) is 20.3. The first-order valence-corrected chi connectivity index (χ1v) is 7.02. The second-order valence-corrected chi connectivity index (χ2v) is 5.64. The van der Waals surface area contributed by atoms with Gasteiger partial charge >= 0.3 is 0 Å². The highest BCUT2D eigenvalue weighted by Gasteiger charge is 2.26. The third-order valence-corrected chi connectivity index (χ3v) is 3.91. The van der Waals surface area contributed by atoms with Gasteiger partial charge in [-0.25, -0.2) is 4.98 Å². The van der Waals surface area contributed by atoms with E-state index in [0.29, 0.717) is 5.69 Å². The van der Waals surface area contributed by atoms with Crippen LogP contribution in [-0.2, 0) is 26.6 Å². The summed E-state index contributed by atoms with van der Waals surface area (Å²) in [5.41, 5.74) is 2.66. The molecule has 0 atom stereocenters. The lowest BCUT2D eigenvalue weighted by Gasteiger charge is -2.26. The molecule has 0 unspecified atom stereocenters. The zero-order valence-electron chi connectivity index (χ0n) is 12.6. The summed E-state index contributed by atoms with van der Waals surface area (Å²) < 4.78 is 2.03. The van der Waals surface area contributed by atoms with Crippen molar-refractivity contribution in [3.05, 3.63) is 35.2 Å². The Kier molecular flexibility index (Phi) is 3.50. The molecule has 0 fully saturated rings. The van der Waals surface area contributed by atoms with Gasteiger partial charge in [-0.15, -0.1) is 0 Å². The number of rotatable bonds is 3. The lowest BCUT2D eigenvalue weighted by Crippen LogP contribution is -2.32. The van der Waals surface area contributed by atoms with Crippen LogP contribution in [-0.4, -0.2) is 56.1 Å². The Labute approximate surface area is 123 Å². The van der Waals surface area contributed by atoms with Crippen molar-refractivity contribution in [3.63, 3.8) is 0 Å². The number of nitrogens with zero attached hydrogens (tertiary/aromatic N) is 5. The number of fused-ring (bicyclic) bond motifs is 1. The predicted molar refractivity (Wildman–Crippen MR) is 77.6 cm³/mol. The SMILES string of the molecule is CN(C)C(=O)c1n[nH]c2c1CCN(Cc1nccn1C)C2. The van der Waals surface area contributed by atoms with Crippen molar-refractivity contribution < 1.29 is 4.79 Å². The Bertz CT molecular complexity index is 656. The molecule has 0 aromatic carbocycles. The third kappa shape index (κ3) is 2.56. The van der Waals surface area contributed by atoms with Crippen LogP contribution < -0.4 is 0 Å². The Morgan fingerprint density at radius 3 is 2.95 bits per heavy atom. The molecular formula is C14H20N6O. The molecule has 1 aliphatic rings. The summed E-state index contributed by atoms with van der Waals surface area (Å²) in [5, 5.41) is 7.22. The van der Waals surface area contributed by atoms with Gasteiger partial charge in [-0.2, -0.15) is 5.10 Å². The number of aromatic nitrogens is 4. The summed E-state index contributed by atoms with van der Waals surface area (Å²) in [6, 6.07) is 0. The number of hydrogen-bond acceptors (Lipinski definition) is 4. The molecule has 1 amide bonds. The molecule has 0 radical (unpaired) electrons. The molecule has 1 N–H and O–H groups in total. The summed E-state index contributed by atoms with van der Waals surface area (Å²) in [6.07, 6.45) is 4.61. The maximum absolute atomic E-state index is 12.1. The van der Waals surface area contributed by atoms with Crippen LogP contribution in [0.25, 0.3) is 0 Å². The number of amides is 1. The van der Waals surface area contributed by atoms with Crippen molar-refractivity contribution in [3.8, 4) is 0 Å². The summed E-state index contributed by atoms with van der Waals surface area (Å²) >= 11 is 0. The number of aryl methyl sites for hydroxylation is 1. The molecule has 0 saturated heterocycles. The lowest BCUT2D eigenvalue weighted by molar-refractivity contribution is 0.0820. The van der Waals surface area contributed by atoms with Gasteiger partial charge in [0.1, 0.15) is 5.82 Å². The van der Waals surface area contributed by atoms with Gasteiger partial charge < -0.3 is 9.47 Å². The molecule has 112 valence electrons. The minimum Gasteiger partial charge on any atom is -0.343 e. The van der Waals surface area contributed by atoms with Crippen LogP contribution in [0.4, 0.5) is 0 Å². The minimum absolute atomic E-state index is 0.0370. The van der Waals surface area contributed by atoms with Gasteiger partial charge in [0.25, 0.3) is 5.91 Å². The van der Waals surface area contributed by atoms with E-state index >= 15 is 0 Å². The molecule has 7 heteroatoms. The topological polar surface area (TPSA) is 70.1 Å². The summed E-state index contributed by atoms with van der Waals surface area (Å²) in [7, 11) is 5.50. The number of carbonyl (C=O) groups excluding carboxylic acids is 1. The van der Waals surface area contributed by atoms with Crippen molar-refractivity contribution in [2.24, 2.45) is 7.05 Å². The molecule has 21 heavy (non-hydrogen) atoms. The molecule has 0 aliphatic carbocycles. The summed E-state index contributed by atoms with van der Waals surface area (Å²) in [6.45, 7) is 2.49. The second-order valence-electron chi connectivity index (χ2n) is 5.64. The maximum atomic E-state index is 12.1. The van der Waals surface area contributed by atoms with E-state index in [1.165, 1.54) is 0 Å². The number of aromatic amines is 1. The quantitative estimate of drug-likeness (QED) is 0.888. The fraction of sp³-hybridized carbons (Fsp3) is 0.500. The minimum atomic E-state index is -0.0370. The molecule has 2 aromatic heterocycles. The van der Waals surface area contributed by atoms with Crippen molar-refractivity contribution >= 4 is 5.91 Å². The average molecular weight is 288 g/mol. The number of H-pyrrole nitrogens is 1. The Morgan fingerprint density at radius 2 is 2.29 bits per heavy atom. The smallest absolute Gasteiger partial charge is 0.274 e. The second kappa shape index (κ2) is 5.33. The largest absolute Gasteiger partial charge is 0.343 e. The first-order chi connectivity index (χ1) is 10.1. The highest BCUT2D eigenvalue weighted by molar-refractivity contribution is 5.93. The normalized spacial score (nSPS) is 15.0. The van der Waals surface area contributed by atoms with E-state index in [1.807, 2.05) is 24.0 Å². The van der Waals surface area contributed by atoms with Gasteiger partial charge in [0, 0.05) is 52.2 Å². The highest BCUT2D eigenvalue weighted by atomic mass is 16.2. The number of carbonyl (C=O) groups is 1. The van der Waals surface area contributed by atoms with E-state index in [1.54, 1.807) is 19.0 Å². The molecule has 0 saturated carbocycles. The average Bonchev–Trinajstić information content (AvgIpc) is 3.04. The Hall–Kier alpha value is -2.15. The van der Waals surface area contributed by atoms with Crippen LogP contribution in [0.2, 0.25) is 0 Å². The molecule has 1 aliphatic heterocycles. The van der Waals surface area contributed by atoms with Crippen LogP contribution in [0.3, 0.4) is 0 Å². The van der Waals surface area contributed by atoms with Crippen molar-refractivity contribution in [1.29, 1.82) is 0 Å². The van der Waals surface area contributed by atoms with Crippen molar-refractivity contribution in [1.82, 2.24) is 29.5 Å². The van der Waals surface area contributed by atoms with Crippen molar-refractivity contribution in [2.75, 3.05) is 20.6 Å². The molecule has 7 nitrogen and oxygen atoms in total. The third-order valence-electron chi connectivity index (χ3n) is 3.91. The molecule has 3 rings (SSSR count). The maximum Gasteiger partial charge on any atom is 0.274 e. The standard InChI is InChI=1S/C14H20N6O/c1-18(2)14(21)13-10-4-6-20(8-11(10)16-17-13)9-12-15-5-7-19(12)3/h5,7H,4,6,8-9H2,1-3H3,(H,16,17). The van der Waals surface area contributed by atoms with Crippen LogP contribution in [0.1, 0.15) is 27.6 Å². The van der Waals surface area contributed by atoms with Crippen LogP contribution in [0, 0.1) is 0 Å². The number of nitrogens with one attached hydrogen (secondary N) is 1. The van der Waals surface area contributed by atoms with E-state index in [-0.39, 0.29) is 5.91 Å². The molecule has 3 heterocycles. The first kappa shape index (κ1) is 13.8. The van der Waals surface area contributed by atoms with Crippen LogP contribution in [0.15, 0.2) is 12.4 Å². The predicted octanol–water partition coefficient (Wildman–Crippen LogP) is 0.403. The fourth-order valence-corrected chi connectivity index (χ4v) is 2.65. The van der Waals surface area contributed by atoms with Gasteiger partial charge in [-0.3, -0.25) is 14.8 Å². The van der Waals surface area contributed by atoms with E-state index in [2.05, 4.69) is 20.1 Å². The van der Waals surface area contributed by atoms with E-state index in [9.17, 15) is 4.79 Å². The van der Waals surface area contributed by atoms with Gasteiger partial charge in [-0.1, -0.05) is 0 Å². The Balaban J connectivity index is 1.75.